The lowest BCUT2D eigenvalue weighted by atomic mass is 10.1. The lowest BCUT2D eigenvalue weighted by molar-refractivity contribution is 0.0496. The lowest BCUT2D eigenvalue weighted by Gasteiger charge is -2.36. The number of hydrogen-bond donors (Lipinski definition) is 5. The highest BCUT2D eigenvalue weighted by Crippen LogP contribution is 2.23. The molecule has 6 rings (SSSR count). The number of fused-ring (bicyclic) bond motifs is 2. The average Bonchev–Trinajstić information content (AvgIpc) is 3.26. The molecule has 0 radical (unpaired) electrons. The molecule has 312 valence electrons. The molecular formula is C43H44Cl2N8O7. The third-order valence-electron chi connectivity index (χ3n) is 9.40. The number of carbonyl (C=O) groups is 3. The van der Waals surface area contributed by atoms with Crippen LogP contribution in [0.2, 0.25) is 10.0 Å². The van der Waals surface area contributed by atoms with Gasteiger partial charge in [0.25, 0.3) is 0 Å². The van der Waals surface area contributed by atoms with Gasteiger partial charge in [0.1, 0.15) is 12.4 Å². The maximum absolute atomic E-state index is 14.6. The van der Waals surface area contributed by atoms with Crippen LogP contribution in [-0.2, 0) is 22.7 Å². The first kappa shape index (κ1) is 43.5. The summed E-state index contributed by atoms with van der Waals surface area (Å²) in [4.78, 5) is 58.8. The number of aromatic nitrogens is 2. The number of aliphatic hydroxyl groups is 2. The normalized spacial score (nSPS) is 12.1. The maximum Gasteiger partial charge on any atom is 0.412 e. The van der Waals surface area contributed by atoms with Crippen LogP contribution in [0.1, 0.15) is 11.1 Å². The van der Waals surface area contributed by atoms with E-state index in [-0.39, 0.29) is 44.4 Å². The van der Waals surface area contributed by atoms with E-state index in [2.05, 4.69) is 20.6 Å². The zero-order valence-corrected chi connectivity index (χ0v) is 33.9. The van der Waals surface area contributed by atoms with Crippen molar-refractivity contribution < 1.29 is 34.2 Å². The topological polar surface area (TPSA) is 196 Å². The van der Waals surface area contributed by atoms with E-state index in [0.717, 1.165) is 26.6 Å². The monoisotopic (exact) mass is 854 g/mol. The molecule has 6 aromatic rings. The number of ether oxygens (including phenoxy) is 1. The lowest BCUT2D eigenvalue weighted by Crippen LogP contribution is -2.54. The molecule has 0 saturated heterocycles. The molecule has 60 heavy (non-hydrogen) atoms. The number of hydroxylamine groups is 1. The van der Waals surface area contributed by atoms with Gasteiger partial charge < -0.3 is 35.8 Å². The molecule has 15 nitrogen and oxygen atoms in total. The standard InChI is InChI=1S/C43H44Cl2N8O7/c44-37-15-7-5-13-33(37)23-49-41(56)53(40-20-30-10-2-4-12-32(30)22-48-40)60-18-17-51(25-35(46)26-54)43(58)52(24-34-14-6-8-16-38(34)45)36(27-55)28-59-42(57)50-39-19-29-9-1-3-11-31(29)21-47-39/h1-16,19-22,35-36,54-55H,17-18,23-28,46H2,(H,49,56)(H,47,50,57)/t35-,36+/m1/s1. The molecule has 0 saturated carbocycles. The summed E-state index contributed by atoms with van der Waals surface area (Å²) in [6.45, 7) is -2.07. The largest absolute Gasteiger partial charge is 0.447 e. The van der Waals surface area contributed by atoms with Gasteiger partial charge in [-0.2, -0.15) is 5.06 Å². The Morgan fingerprint density at radius 2 is 1.37 bits per heavy atom. The molecule has 2 atom stereocenters. The summed E-state index contributed by atoms with van der Waals surface area (Å²) in [7, 11) is 0. The predicted octanol–water partition coefficient (Wildman–Crippen LogP) is 6.59. The molecule has 0 aliphatic carbocycles. The van der Waals surface area contributed by atoms with Crippen LogP contribution < -0.4 is 21.4 Å². The second kappa shape index (κ2) is 21.3. The van der Waals surface area contributed by atoms with Crippen molar-refractivity contribution in [1.82, 2.24) is 25.1 Å². The van der Waals surface area contributed by atoms with Gasteiger partial charge in [0.2, 0.25) is 0 Å². The molecule has 0 aliphatic rings. The second-order valence-corrected chi connectivity index (χ2v) is 14.4. The smallest absolute Gasteiger partial charge is 0.412 e. The second-order valence-electron chi connectivity index (χ2n) is 13.6. The molecule has 2 heterocycles. The number of urea groups is 2. The van der Waals surface area contributed by atoms with E-state index in [9.17, 15) is 24.6 Å². The highest BCUT2D eigenvalue weighted by molar-refractivity contribution is 6.31. The van der Waals surface area contributed by atoms with Crippen molar-refractivity contribution in [3.63, 3.8) is 0 Å². The average molecular weight is 856 g/mol. The summed E-state index contributed by atoms with van der Waals surface area (Å²) >= 11 is 12.9. The van der Waals surface area contributed by atoms with E-state index < -0.39 is 50.1 Å². The van der Waals surface area contributed by atoms with E-state index >= 15 is 0 Å². The van der Waals surface area contributed by atoms with Crippen molar-refractivity contribution in [2.75, 3.05) is 49.9 Å². The minimum Gasteiger partial charge on any atom is -0.447 e. The van der Waals surface area contributed by atoms with Gasteiger partial charge in [-0.3, -0.25) is 10.2 Å². The summed E-state index contributed by atoms with van der Waals surface area (Å²) in [6.07, 6.45) is 2.37. The van der Waals surface area contributed by atoms with Crippen molar-refractivity contribution in [2.45, 2.75) is 25.2 Å². The van der Waals surface area contributed by atoms with Crippen LogP contribution in [0.4, 0.5) is 26.0 Å². The van der Waals surface area contributed by atoms with Crippen LogP contribution in [-0.4, -0.2) is 99.7 Å². The van der Waals surface area contributed by atoms with Crippen molar-refractivity contribution in [2.24, 2.45) is 5.73 Å². The van der Waals surface area contributed by atoms with Gasteiger partial charge in [0.15, 0.2) is 5.82 Å². The summed E-state index contributed by atoms with van der Waals surface area (Å²) < 4.78 is 5.52. The van der Waals surface area contributed by atoms with Crippen molar-refractivity contribution in [3.05, 3.63) is 143 Å². The summed E-state index contributed by atoms with van der Waals surface area (Å²) in [5.74, 6) is 0.420. The number of halogens is 2. The van der Waals surface area contributed by atoms with E-state index in [1.54, 1.807) is 73.1 Å². The minimum atomic E-state index is -1.08. The number of rotatable bonds is 17. The number of carbonyl (C=O) groups excluding carboxylic acids is 3. The Bertz CT molecular complexity index is 2410. The zero-order chi connectivity index (χ0) is 42.4. The van der Waals surface area contributed by atoms with Crippen LogP contribution in [0.15, 0.2) is 122 Å². The van der Waals surface area contributed by atoms with Gasteiger partial charge in [-0.25, -0.2) is 24.4 Å². The fourth-order valence-electron chi connectivity index (χ4n) is 6.19. The van der Waals surface area contributed by atoms with Crippen molar-refractivity contribution >= 4 is 74.5 Å². The molecular weight excluding hydrogens is 811 g/mol. The Morgan fingerprint density at radius 1 is 0.767 bits per heavy atom. The number of hydrogen-bond acceptors (Lipinski definition) is 10. The molecule has 0 aliphatic heterocycles. The molecule has 5 amide bonds. The fraction of sp³-hybridized carbons (Fsp3) is 0.233. The summed E-state index contributed by atoms with van der Waals surface area (Å²) in [5, 5.41) is 31.2. The molecule has 17 heteroatoms. The number of amides is 5. The number of pyridine rings is 2. The first-order valence-electron chi connectivity index (χ1n) is 19.0. The third-order valence-corrected chi connectivity index (χ3v) is 10.1. The molecule has 4 aromatic carbocycles. The first-order valence-corrected chi connectivity index (χ1v) is 19.7. The van der Waals surface area contributed by atoms with Crippen LogP contribution in [0.25, 0.3) is 21.5 Å². The Kier molecular flexibility index (Phi) is 15.4. The Balaban J connectivity index is 1.21. The number of benzene rings is 4. The number of anilines is 2. The molecule has 0 fully saturated rings. The van der Waals surface area contributed by atoms with Gasteiger partial charge >= 0.3 is 18.2 Å². The van der Waals surface area contributed by atoms with Crippen molar-refractivity contribution in [1.29, 1.82) is 0 Å². The fourth-order valence-corrected chi connectivity index (χ4v) is 6.59. The van der Waals surface area contributed by atoms with Gasteiger partial charge in [0.05, 0.1) is 25.9 Å². The highest BCUT2D eigenvalue weighted by Gasteiger charge is 2.31. The van der Waals surface area contributed by atoms with E-state index in [1.807, 2.05) is 48.5 Å². The maximum atomic E-state index is 14.6. The summed E-state index contributed by atoms with van der Waals surface area (Å²) in [6, 6.07) is 29.1. The Labute approximate surface area is 356 Å². The number of nitrogens with one attached hydrogen (secondary N) is 2. The van der Waals surface area contributed by atoms with E-state index in [1.165, 1.54) is 9.80 Å². The Hall–Kier alpha value is -6.07. The van der Waals surface area contributed by atoms with Crippen molar-refractivity contribution in [3.8, 4) is 0 Å². The quantitative estimate of drug-likeness (QED) is 0.0625. The number of nitrogens with zero attached hydrogens (tertiary/aromatic N) is 5. The molecule has 6 N–H and O–H groups in total. The van der Waals surface area contributed by atoms with Crippen LogP contribution >= 0.6 is 23.2 Å². The molecule has 0 bridgehead atoms. The molecule has 0 unspecified atom stereocenters. The predicted molar refractivity (Wildman–Crippen MR) is 230 cm³/mol. The number of nitrogens with two attached hydrogens (primary N) is 1. The first-order chi connectivity index (χ1) is 29.1. The zero-order valence-electron chi connectivity index (χ0n) is 32.4. The number of aliphatic hydroxyl groups excluding tert-OH is 2. The van der Waals surface area contributed by atoms with Gasteiger partial charge in [-0.15, -0.1) is 0 Å². The highest BCUT2D eigenvalue weighted by atomic mass is 35.5. The van der Waals surface area contributed by atoms with Crippen LogP contribution in [0.5, 0.6) is 0 Å². The van der Waals surface area contributed by atoms with Crippen LogP contribution in [0.3, 0.4) is 0 Å². The van der Waals surface area contributed by atoms with Gasteiger partial charge in [0, 0.05) is 65.4 Å². The SMILES string of the molecule is N[C@@H](CO)CN(CCON(C(=O)NCc1ccccc1Cl)c1cc2ccccc2cn1)C(=O)N(Cc1ccccc1Cl)[C@@H](CO)COC(=O)Nc1cc2ccccc2cn1. The van der Waals surface area contributed by atoms with E-state index in [4.69, 9.17) is 38.5 Å². The summed E-state index contributed by atoms with van der Waals surface area (Å²) in [5.41, 5.74) is 7.40. The minimum absolute atomic E-state index is 0.0837. The molecule has 2 aromatic heterocycles. The van der Waals surface area contributed by atoms with Crippen LogP contribution in [0, 0.1) is 0 Å². The van der Waals surface area contributed by atoms with Gasteiger partial charge in [-0.05, 0) is 46.2 Å². The van der Waals surface area contributed by atoms with E-state index in [0.29, 0.717) is 21.2 Å². The van der Waals surface area contributed by atoms with Gasteiger partial charge in [-0.1, -0.05) is 108 Å². The third kappa shape index (κ3) is 11.6. The Morgan fingerprint density at radius 3 is 2.02 bits per heavy atom. The molecule has 0 spiro atoms.